The van der Waals surface area contributed by atoms with Gasteiger partial charge in [0.25, 0.3) is 0 Å². The Balaban J connectivity index is 1.96. The number of carbonyl (C=O) groups is 1. The molecule has 96 valence electrons. The summed E-state index contributed by atoms with van der Waals surface area (Å²) in [6, 6.07) is 7.79. The Hall–Kier alpha value is -1.32. The van der Waals surface area contributed by atoms with Crippen LogP contribution < -0.4 is 5.32 Å². The number of benzene rings is 1. The van der Waals surface area contributed by atoms with Crippen LogP contribution in [0.1, 0.15) is 12.5 Å². The van der Waals surface area contributed by atoms with Crippen molar-refractivity contribution in [3.05, 3.63) is 40.9 Å². The molecule has 1 N–H and O–H groups in total. The van der Waals surface area contributed by atoms with Gasteiger partial charge in [0.1, 0.15) is 0 Å². The van der Waals surface area contributed by atoms with Gasteiger partial charge in [-0.2, -0.15) is 0 Å². The van der Waals surface area contributed by atoms with E-state index >= 15 is 0 Å². The van der Waals surface area contributed by atoms with E-state index in [0.29, 0.717) is 11.1 Å². The first-order valence-corrected chi connectivity index (χ1v) is 6.49. The van der Waals surface area contributed by atoms with E-state index in [2.05, 4.69) is 12.2 Å². The highest BCUT2D eigenvalue weighted by Gasteiger charge is 2.18. The molecule has 1 aliphatic rings. The van der Waals surface area contributed by atoms with E-state index in [1.807, 2.05) is 35.2 Å². The van der Waals surface area contributed by atoms with Gasteiger partial charge >= 0.3 is 0 Å². The zero-order valence-electron chi connectivity index (χ0n) is 10.4. The van der Waals surface area contributed by atoms with Crippen molar-refractivity contribution in [1.82, 2.24) is 10.2 Å². The first kappa shape index (κ1) is 13.1. The molecule has 1 aromatic carbocycles. The number of carbonyl (C=O) groups excluding carboxylic acids is 1. The lowest BCUT2D eigenvalue weighted by molar-refractivity contribution is -0.127. The highest BCUT2D eigenvalue weighted by Crippen LogP contribution is 2.11. The number of rotatable bonds is 2. The Kier molecular flexibility index (Phi) is 4.39. The second kappa shape index (κ2) is 6.03. The predicted molar refractivity (Wildman–Crippen MR) is 74.5 cm³/mol. The summed E-state index contributed by atoms with van der Waals surface area (Å²) in [6.07, 6.45) is 3.45. The monoisotopic (exact) mass is 264 g/mol. The predicted octanol–water partition coefficient (Wildman–Crippen LogP) is 2.17. The lowest BCUT2D eigenvalue weighted by Crippen LogP contribution is -2.50. The molecule has 0 radical (unpaired) electrons. The van der Waals surface area contributed by atoms with Gasteiger partial charge in [-0.3, -0.25) is 4.79 Å². The van der Waals surface area contributed by atoms with Crippen LogP contribution in [0.4, 0.5) is 0 Å². The maximum atomic E-state index is 12.0. The molecule has 1 aromatic rings. The lowest BCUT2D eigenvalue weighted by Gasteiger charge is -2.31. The first-order chi connectivity index (χ1) is 8.65. The fraction of sp³-hybridized carbons (Fsp3) is 0.357. The fourth-order valence-electron chi connectivity index (χ4n) is 1.98. The van der Waals surface area contributed by atoms with Crippen molar-refractivity contribution < 1.29 is 4.79 Å². The average molecular weight is 265 g/mol. The molecule has 18 heavy (non-hydrogen) atoms. The van der Waals surface area contributed by atoms with Crippen LogP contribution in [0.3, 0.4) is 0 Å². The Morgan fingerprint density at radius 3 is 2.83 bits per heavy atom. The zero-order valence-corrected chi connectivity index (χ0v) is 11.2. The third kappa shape index (κ3) is 3.59. The van der Waals surface area contributed by atoms with Gasteiger partial charge in [-0.1, -0.05) is 23.7 Å². The number of hydrogen-bond acceptors (Lipinski definition) is 2. The maximum Gasteiger partial charge on any atom is 0.246 e. The number of nitrogens with one attached hydrogen (secondary N) is 1. The highest BCUT2D eigenvalue weighted by molar-refractivity contribution is 6.30. The van der Waals surface area contributed by atoms with Crippen LogP contribution in [-0.2, 0) is 4.79 Å². The third-order valence-corrected chi connectivity index (χ3v) is 3.22. The molecule has 4 heteroatoms. The molecule has 1 aliphatic heterocycles. The van der Waals surface area contributed by atoms with Gasteiger partial charge in [-0.05, 0) is 30.7 Å². The Morgan fingerprint density at radius 2 is 2.17 bits per heavy atom. The fourth-order valence-corrected chi connectivity index (χ4v) is 2.11. The second-order valence-corrected chi connectivity index (χ2v) is 4.96. The van der Waals surface area contributed by atoms with Gasteiger partial charge in [-0.25, -0.2) is 0 Å². The van der Waals surface area contributed by atoms with Crippen molar-refractivity contribution in [1.29, 1.82) is 0 Å². The summed E-state index contributed by atoms with van der Waals surface area (Å²) >= 11 is 5.81. The van der Waals surface area contributed by atoms with E-state index in [0.717, 1.165) is 25.2 Å². The molecular formula is C14H17ClN2O. The molecule has 1 fully saturated rings. The Bertz CT molecular complexity index is 442. The van der Waals surface area contributed by atoms with E-state index in [9.17, 15) is 4.79 Å². The van der Waals surface area contributed by atoms with Crippen molar-refractivity contribution >= 4 is 23.6 Å². The second-order valence-electron chi connectivity index (χ2n) is 4.52. The van der Waals surface area contributed by atoms with E-state index < -0.39 is 0 Å². The highest BCUT2D eigenvalue weighted by atomic mass is 35.5. The number of halogens is 1. The van der Waals surface area contributed by atoms with Crippen LogP contribution in [0.25, 0.3) is 6.08 Å². The maximum absolute atomic E-state index is 12.0. The third-order valence-electron chi connectivity index (χ3n) is 2.97. The standard InChI is InChI=1S/C14H17ClN2O/c1-11-10-17(9-8-16-11)14(18)7-4-12-2-5-13(15)6-3-12/h2-7,11,16H,8-10H2,1H3/b7-4+/t11-/m1/s1. The molecule has 0 spiro atoms. The van der Waals surface area contributed by atoms with Crippen LogP contribution in [0, 0.1) is 0 Å². The van der Waals surface area contributed by atoms with Crippen LogP contribution in [-0.4, -0.2) is 36.5 Å². The van der Waals surface area contributed by atoms with Crippen molar-refractivity contribution in [2.75, 3.05) is 19.6 Å². The molecule has 1 amide bonds. The normalized spacial score (nSPS) is 20.3. The van der Waals surface area contributed by atoms with Gasteiger partial charge in [0.05, 0.1) is 0 Å². The molecule has 0 bridgehead atoms. The van der Waals surface area contributed by atoms with Gasteiger partial charge in [0, 0.05) is 36.8 Å². The number of amides is 1. The smallest absolute Gasteiger partial charge is 0.246 e. The van der Waals surface area contributed by atoms with E-state index in [1.165, 1.54) is 0 Å². The summed E-state index contributed by atoms with van der Waals surface area (Å²) in [5.41, 5.74) is 0.982. The molecule has 0 saturated carbocycles. The number of hydrogen-bond donors (Lipinski definition) is 1. The van der Waals surface area contributed by atoms with E-state index in [-0.39, 0.29) is 5.91 Å². The van der Waals surface area contributed by atoms with Crippen molar-refractivity contribution in [3.63, 3.8) is 0 Å². The first-order valence-electron chi connectivity index (χ1n) is 6.11. The van der Waals surface area contributed by atoms with E-state index in [1.54, 1.807) is 6.08 Å². The molecule has 1 saturated heterocycles. The van der Waals surface area contributed by atoms with Crippen LogP contribution in [0.5, 0.6) is 0 Å². The van der Waals surface area contributed by atoms with Gasteiger partial charge in [0.15, 0.2) is 0 Å². The minimum Gasteiger partial charge on any atom is -0.336 e. The molecule has 3 nitrogen and oxygen atoms in total. The van der Waals surface area contributed by atoms with E-state index in [4.69, 9.17) is 11.6 Å². The van der Waals surface area contributed by atoms with Crippen LogP contribution in [0.2, 0.25) is 5.02 Å². The zero-order chi connectivity index (χ0) is 13.0. The van der Waals surface area contributed by atoms with Crippen LogP contribution in [0.15, 0.2) is 30.3 Å². The average Bonchev–Trinajstić information content (AvgIpc) is 2.38. The van der Waals surface area contributed by atoms with Crippen molar-refractivity contribution in [2.24, 2.45) is 0 Å². The van der Waals surface area contributed by atoms with Gasteiger partial charge in [-0.15, -0.1) is 0 Å². The summed E-state index contributed by atoms with van der Waals surface area (Å²) in [7, 11) is 0. The molecule has 0 aliphatic carbocycles. The van der Waals surface area contributed by atoms with Gasteiger partial charge in [0.2, 0.25) is 5.91 Å². The SMILES string of the molecule is C[C@@H]1CN(C(=O)/C=C/c2ccc(Cl)cc2)CCN1. The molecule has 0 aromatic heterocycles. The van der Waals surface area contributed by atoms with Gasteiger partial charge < -0.3 is 10.2 Å². The summed E-state index contributed by atoms with van der Waals surface area (Å²) in [6.45, 7) is 4.49. The molecule has 1 heterocycles. The quantitative estimate of drug-likeness (QED) is 0.831. The molecule has 2 rings (SSSR count). The topological polar surface area (TPSA) is 32.3 Å². The minimum atomic E-state index is 0.0679. The summed E-state index contributed by atoms with van der Waals surface area (Å²) < 4.78 is 0. The summed E-state index contributed by atoms with van der Waals surface area (Å²) in [5, 5.41) is 4.02. The number of piperazine rings is 1. The lowest BCUT2D eigenvalue weighted by atomic mass is 10.2. The molecular weight excluding hydrogens is 248 g/mol. The number of nitrogens with zero attached hydrogens (tertiary/aromatic N) is 1. The summed E-state index contributed by atoms with van der Waals surface area (Å²) in [5.74, 6) is 0.0679. The largest absolute Gasteiger partial charge is 0.336 e. The van der Waals surface area contributed by atoms with Crippen molar-refractivity contribution in [3.8, 4) is 0 Å². The summed E-state index contributed by atoms with van der Waals surface area (Å²) in [4.78, 5) is 13.8. The van der Waals surface area contributed by atoms with Crippen LogP contribution >= 0.6 is 11.6 Å². The Labute approximate surface area is 112 Å². The Morgan fingerprint density at radius 1 is 1.44 bits per heavy atom. The minimum absolute atomic E-state index is 0.0679. The molecule has 0 unspecified atom stereocenters. The van der Waals surface area contributed by atoms with Crippen molar-refractivity contribution in [2.45, 2.75) is 13.0 Å². The molecule has 1 atom stereocenters.